The van der Waals surface area contributed by atoms with Crippen LogP contribution >= 0.6 is 0 Å². The fourth-order valence-corrected chi connectivity index (χ4v) is 3.21. The van der Waals surface area contributed by atoms with Gasteiger partial charge in [-0.1, -0.05) is 24.3 Å². The van der Waals surface area contributed by atoms with Crippen LogP contribution in [-0.2, 0) is 6.42 Å². The average molecular weight is 318 g/mol. The minimum atomic E-state index is -0.223. The number of anilines is 4. The van der Waals surface area contributed by atoms with E-state index in [0.29, 0.717) is 0 Å². The third kappa shape index (κ3) is 2.73. The molecule has 1 aliphatic heterocycles. The highest BCUT2D eigenvalue weighted by atomic mass is 19.1. The molecule has 0 spiro atoms. The Kier molecular flexibility index (Phi) is 3.69. The van der Waals surface area contributed by atoms with Gasteiger partial charge in [0.05, 0.1) is 0 Å². The summed E-state index contributed by atoms with van der Waals surface area (Å²) >= 11 is 0. The molecule has 120 valence electrons. The molecule has 4 rings (SSSR count). The number of hydrogen-bond acceptors (Lipinski definition) is 2. The summed E-state index contributed by atoms with van der Waals surface area (Å²) in [5, 5.41) is 3.39. The number of benzene rings is 3. The maximum Gasteiger partial charge on any atom is 0.123 e. The van der Waals surface area contributed by atoms with Crippen LogP contribution in [0.4, 0.5) is 27.1 Å². The summed E-state index contributed by atoms with van der Waals surface area (Å²) in [5.41, 5.74) is 6.95. The first-order valence-electron chi connectivity index (χ1n) is 8.19. The van der Waals surface area contributed by atoms with Gasteiger partial charge in [-0.15, -0.1) is 0 Å². The number of fused-ring (bicyclic) bond motifs is 1. The standard InChI is InChI=1S/C21H19FN2/c1-15-6-11-19(24-13-12-16-4-2-3-5-21(16)24)14-20(15)23-18-9-7-17(22)8-10-18/h2-11,14,23H,12-13H2,1H3. The molecule has 0 bridgehead atoms. The molecule has 0 amide bonds. The van der Waals surface area contributed by atoms with Gasteiger partial charge in [-0.3, -0.25) is 0 Å². The fourth-order valence-electron chi connectivity index (χ4n) is 3.21. The molecular weight excluding hydrogens is 299 g/mol. The van der Waals surface area contributed by atoms with E-state index >= 15 is 0 Å². The van der Waals surface area contributed by atoms with Crippen molar-refractivity contribution >= 4 is 22.7 Å². The number of aryl methyl sites for hydroxylation is 1. The molecule has 0 saturated heterocycles. The molecule has 0 aliphatic carbocycles. The molecule has 0 saturated carbocycles. The zero-order valence-corrected chi connectivity index (χ0v) is 13.6. The van der Waals surface area contributed by atoms with Gasteiger partial charge in [-0.05, 0) is 66.9 Å². The second kappa shape index (κ2) is 6.00. The van der Waals surface area contributed by atoms with Crippen LogP contribution in [-0.4, -0.2) is 6.54 Å². The minimum Gasteiger partial charge on any atom is -0.355 e. The van der Waals surface area contributed by atoms with Crippen LogP contribution in [0, 0.1) is 12.7 Å². The molecule has 0 radical (unpaired) electrons. The van der Waals surface area contributed by atoms with Crippen molar-refractivity contribution in [2.24, 2.45) is 0 Å². The molecular formula is C21H19FN2. The Morgan fingerprint density at radius 1 is 0.958 bits per heavy atom. The van der Waals surface area contributed by atoms with Gasteiger partial charge in [-0.25, -0.2) is 4.39 Å². The Balaban J connectivity index is 1.66. The molecule has 3 heteroatoms. The minimum absolute atomic E-state index is 0.223. The van der Waals surface area contributed by atoms with Crippen LogP contribution in [0.2, 0.25) is 0 Å². The summed E-state index contributed by atoms with van der Waals surface area (Å²) in [6.07, 6.45) is 1.07. The van der Waals surface area contributed by atoms with Crippen LogP contribution in [0.1, 0.15) is 11.1 Å². The lowest BCUT2D eigenvalue weighted by Gasteiger charge is -2.21. The Morgan fingerprint density at radius 3 is 2.58 bits per heavy atom. The van der Waals surface area contributed by atoms with E-state index in [0.717, 1.165) is 29.9 Å². The highest BCUT2D eigenvalue weighted by Crippen LogP contribution is 2.36. The third-order valence-corrected chi connectivity index (χ3v) is 4.54. The van der Waals surface area contributed by atoms with Crippen molar-refractivity contribution in [3.05, 3.63) is 83.7 Å². The van der Waals surface area contributed by atoms with Crippen LogP contribution in [0.15, 0.2) is 66.7 Å². The zero-order chi connectivity index (χ0) is 16.5. The lowest BCUT2D eigenvalue weighted by molar-refractivity contribution is 0.628. The number of rotatable bonds is 3. The van der Waals surface area contributed by atoms with E-state index in [-0.39, 0.29) is 5.82 Å². The van der Waals surface area contributed by atoms with Crippen molar-refractivity contribution in [1.29, 1.82) is 0 Å². The van der Waals surface area contributed by atoms with E-state index in [1.54, 1.807) is 12.1 Å². The molecule has 1 heterocycles. The van der Waals surface area contributed by atoms with Gasteiger partial charge in [0.1, 0.15) is 5.82 Å². The highest BCUT2D eigenvalue weighted by molar-refractivity contribution is 5.75. The summed E-state index contributed by atoms with van der Waals surface area (Å²) in [5.74, 6) is -0.223. The molecule has 0 atom stereocenters. The lowest BCUT2D eigenvalue weighted by atomic mass is 10.1. The smallest absolute Gasteiger partial charge is 0.123 e. The summed E-state index contributed by atoms with van der Waals surface area (Å²) < 4.78 is 13.1. The number of para-hydroxylation sites is 1. The SMILES string of the molecule is Cc1ccc(N2CCc3ccccc32)cc1Nc1ccc(F)cc1. The lowest BCUT2D eigenvalue weighted by Crippen LogP contribution is -2.13. The molecule has 0 unspecified atom stereocenters. The Hall–Kier alpha value is -2.81. The summed E-state index contributed by atoms with van der Waals surface area (Å²) in [7, 11) is 0. The Bertz CT molecular complexity index is 871. The molecule has 24 heavy (non-hydrogen) atoms. The van der Waals surface area contributed by atoms with Crippen molar-refractivity contribution in [1.82, 2.24) is 0 Å². The maximum atomic E-state index is 13.1. The van der Waals surface area contributed by atoms with Crippen molar-refractivity contribution in [3.8, 4) is 0 Å². The number of nitrogens with one attached hydrogen (secondary N) is 1. The van der Waals surface area contributed by atoms with Crippen molar-refractivity contribution in [2.75, 3.05) is 16.8 Å². The van der Waals surface area contributed by atoms with Crippen molar-refractivity contribution in [3.63, 3.8) is 0 Å². The summed E-state index contributed by atoms with van der Waals surface area (Å²) in [6.45, 7) is 3.08. The van der Waals surface area contributed by atoms with Gasteiger partial charge in [-0.2, -0.15) is 0 Å². The van der Waals surface area contributed by atoms with Gasteiger partial charge in [0, 0.05) is 29.3 Å². The van der Waals surface area contributed by atoms with Gasteiger partial charge in [0.25, 0.3) is 0 Å². The van der Waals surface area contributed by atoms with Crippen molar-refractivity contribution in [2.45, 2.75) is 13.3 Å². The van der Waals surface area contributed by atoms with E-state index < -0.39 is 0 Å². The fraction of sp³-hybridized carbons (Fsp3) is 0.143. The predicted octanol–water partition coefficient (Wildman–Crippen LogP) is 5.57. The third-order valence-electron chi connectivity index (χ3n) is 4.54. The van der Waals surface area contributed by atoms with Gasteiger partial charge < -0.3 is 10.2 Å². The maximum absolute atomic E-state index is 13.1. The normalized spacial score (nSPS) is 13.0. The summed E-state index contributed by atoms with van der Waals surface area (Å²) in [6, 6.07) is 21.5. The monoisotopic (exact) mass is 318 g/mol. The van der Waals surface area contributed by atoms with Crippen LogP contribution in [0.3, 0.4) is 0 Å². The van der Waals surface area contributed by atoms with E-state index in [4.69, 9.17) is 0 Å². The van der Waals surface area contributed by atoms with Crippen LogP contribution in [0.25, 0.3) is 0 Å². The largest absolute Gasteiger partial charge is 0.355 e. The first kappa shape index (κ1) is 14.8. The van der Waals surface area contributed by atoms with Gasteiger partial charge >= 0.3 is 0 Å². The highest BCUT2D eigenvalue weighted by Gasteiger charge is 2.20. The first-order chi connectivity index (χ1) is 11.7. The number of halogens is 1. The van der Waals surface area contributed by atoms with E-state index in [1.807, 2.05) is 0 Å². The zero-order valence-electron chi connectivity index (χ0n) is 13.6. The molecule has 2 nitrogen and oxygen atoms in total. The van der Waals surface area contributed by atoms with Crippen LogP contribution in [0.5, 0.6) is 0 Å². The van der Waals surface area contributed by atoms with Gasteiger partial charge in [0.15, 0.2) is 0 Å². The van der Waals surface area contributed by atoms with E-state index in [2.05, 4.69) is 59.6 Å². The second-order valence-electron chi connectivity index (χ2n) is 6.16. The quantitative estimate of drug-likeness (QED) is 0.679. The molecule has 0 aromatic heterocycles. The molecule has 1 N–H and O–H groups in total. The van der Waals surface area contributed by atoms with Crippen LogP contribution < -0.4 is 10.2 Å². The van der Waals surface area contributed by atoms with Crippen molar-refractivity contribution < 1.29 is 4.39 Å². The Morgan fingerprint density at radius 2 is 1.75 bits per heavy atom. The van der Waals surface area contributed by atoms with E-state index in [1.165, 1.54) is 29.1 Å². The second-order valence-corrected chi connectivity index (χ2v) is 6.16. The topological polar surface area (TPSA) is 15.3 Å². The number of hydrogen-bond donors (Lipinski definition) is 1. The predicted molar refractivity (Wildman–Crippen MR) is 98.0 cm³/mol. The summed E-state index contributed by atoms with van der Waals surface area (Å²) in [4.78, 5) is 2.35. The molecule has 0 fully saturated rings. The van der Waals surface area contributed by atoms with Gasteiger partial charge in [0.2, 0.25) is 0 Å². The molecule has 3 aromatic rings. The van der Waals surface area contributed by atoms with E-state index in [9.17, 15) is 4.39 Å². The average Bonchev–Trinajstić information content (AvgIpc) is 3.03. The number of nitrogens with zero attached hydrogens (tertiary/aromatic N) is 1. The first-order valence-corrected chi connectivity index (χ1v) is 8.19. The molecule has 3 aromatic carbocycles. The Labute approximate surface area is 141 Å². The molecule has 1 aliphatic rings.